The SMILES string of the molecule is O=C(Nc1c(Cl)ncnc1Cl)c1c(O)c2ccccc2oc1=O. The van der Waals surface area contributed by atoms with E-state index in [1.807, 2.05) is 0 Å². The predicted molar refractivity (Wildman–Crippen MR) is 84.2 cm³/mol. The Morgan fingerprint density at radius 2 is 1.83 bits per heavy atom. The van der Waals surface area contributed by atoms with Crippen LogP contribution in [0, 0.1) is 0 Å². The summed E-state index contributed by atoms with van der Waals surface area (Å²) in [4.78, 5) is 31.6. The number of aromatic nitrogens is 2. The van der Waals surface area contributed by atoms with E-state index in [2.05, 4.69) is 15.3 Å². The number of carbonyl (C=O) groups excluding carboxylic acids is 1. The van der Waals surface area contributed by atoms with Crippen LogP contribution in [-0.4, -0.2) is 21.0 Å². The van der Waals surface area contributed by atoms with E-state index in [0.29, 0.717) is 0 Å². The molecule has 0 aliphatic heterocycles. The van der Waals surface area contributed by atoms with Crippen LogP contribution in [0.1, 0.15) is 10.4 Å². The van der Waals surface area contributed by atoms with Gasteiger partial charge in [-0.15, -0.1) is 0 Å². The van der Waals surface area contributed by atoms with Gasteiger partial charge >= 0.3 is 5.63 Å². The molecule has 7 nitrogen and oxygen atoms in total. The van der Waals surface area contributed by atoms with Crippen molar-refractivity contribution in [2.45, 2.75) is 0 Å². The first-order chi connectivity index (χ1) is 11.0. The van der Waals surface area contributed by atoms with E-state index in [1.165, 1.54) is 12.1 Å². The summed E-state index contributed by atoms with van der Waals surface area (Å²) in [6.07, 6.45) is 1.11. The van der Waals surface area contributed by atoms with Crippen LogP contribution in [0.15, 0.2) is 39.8 Å². The number of fused-ring (bicyclic) bond motifs is 1. The quantitative estimate of drug-likeness (QED) is 0.543. The molecule has 0 saturated heterocycles. The summed E-state index contributed by atoms with van der Waals surface area (Å²) >= 11 is 11.6. The fourth-order valence-electron chi connectivity index (χ4n) is 1.96. The zero-order valence-corrected chi connectivity index (χ0v) is 12.7. The van der Waals surface area contributed by atoms with Gasteiger partial charge in [-0.2, -0.15) is 0 Å². The number of amides is 1. The van der Waals surface area contributed by atoms with Crippen molar-refractivity contribution in [3.63, 3.8) is 0 Å². The molecule has 0 radical (unpaired) electrons. The van der Waals surface area contributed by atoms with Gasteiger partial charge in [0.15, 0.2) is 15.9 Å². The molecule has 2 aromatic heterocycles. The van der Waals surface area contributed by atoms with Crippen LogP contribution in [0.4, 0.5) is 5.69 Å². The lowest BCUT2D eigenvalue weighted by Crippen LogP contribution is -2.21. The van der Waals surface area contributed by atoms with Crippen LogP contribution < -0.4 is 10.9 Å². The number of hydrogen-bond acceptors (Lipinski definition) is 6. The number of halogens is 2. The molecule has 9 heteroatoms. The van der Waals surface area contributed by atoms with Gasteiger partial charge in [0.1, 0.15) is 23.3 Å². The van der Waals surface area contributed by atoms with Crippen LogP contribution in [0.2, 0.25) is 10.3 Å². The Kier molecular flexibility index (Phi) is 3.89. The maximum absolute atomic E-state index is 12.3. The molecule has 2 heterocycles. The molecule has 0 aliphatic rings. The third-order valence-corrected chi connectivity index (χ3v) is 3.58. The van der Waals surface area contributed by atoms with Crippen molar-refractivity contribution in [3.8, 4) is 5.75 Å². The smallest absolute Gasteiger partial charge is 0.353 e. The normalized spacial score (nSPS) is 10.7. The lowest BCUT2D eigenvalue weighted by molar-refractivity contribution is 0.102. The Balaban J connectivity index is 2.10. The minimum atomic E-state index is -0.997. The van der Waals surface area contributed by atoms with Gasteiger partial charge in [0, 0.05) is 0 Å². The molecule has 0 bridgehead atoms. The molecule has 0 unspecified atom stereocenters. The first-order valence-electron chi connectivity index (χ1n) is 6.21. The van der Waals surface area contributed by atoms with Crippen molar-refractivity contribution in [2.75, 3.05) is 5.32 Å². The lowest BCUT2D eigenvalue weighted by atomic mass is 10.1. The highest BCUT2D eigenvalue weighted by Crippen LogP contribution is 2.29. The summed E-state index contributed by atoms with van der Waals surface area (Å²) in [7, 11) is 0. The monoisotopic (exact) mass is 351 g/mol. The molecule has 0 atom stereocenters. The summed E-state index contributed by atoms with van der Waals surface area (Å²) in [5.74, 6) is -1.45. The van der Waals surface area contributed by atoms with Crippen molar-refractivity contribution in [2.24, 2.45) is 0 Å². The van der Waals surface area contributed by atoms with Crippen molar-refractivity contribution < 1.29 is 14.3 Å². The van der Waals surface area contributed by atoms with E-state index in [1.54, 1.807) is 12.1 Å². The average molecular weight is 352 g/mol. The molecular weight excluding hydrogens is 345 g/mol. The summed E-state index contributed by atoms with van der Waals surface area (Å²) in [6.45, 7) is 0. The van der Waals surface area contributed by atoms with E-state index in [0.717, 1.165) is 6.33 Å². The minimum absolute atomic E-state index is 0.0761. The summed E-state index contributed by atoms with van der Waals surface area (Å²) in [5.41, 5.74) is -1.49. The number of carbonyl (C=O) groups is 1. The Morgan fingerprint density at radius 1 is 1.17 bits per heavy atom. The van der Waals surface area contributed by atoms with Crippen LogP contribution in [0.5, 0.6) is 5.75 Å². The summed E-state index contributed by atoms with van der Waals surface area (Å²) in [6, 6.07) is 6.26. The van der Waals surface area contributed by atoms with Crippen molar-refractivity contribution in [1.82, 2.24) is 9.97 Å². The van der Waals surface area contributed by atoms with Crippen LogP contribution in [-0.2, 0) is 0 Å². The fraction of sp³-hybridized carbons (Fsp3) is 0. The second-order valence-electron chi connectivity index (χ2n) is 4.39. The van der Waals surface area contributed by atoms with Gasteiger partial charge in [0.25, 0.3) is 5.91 Å². The standard InChI is InChI=1S/C14H7Cl2N3O4/c15-11-9(12(16)18-5-17-11)19-13(21)8-10(20)6-3-1-2-4-7(6)23-14(8)22/h1-5,20H,(H,19,21). The topological polar surface area (TPSA) is 105 Å². The van der Waals surface area contributed by atoms with Crippen molar-refractivity contribution >= 4 is 45.8 Å². The van der Waals surface area contributed by atoms with Gasteiger partial charge in [-0.05, 0) is 12.1 Å². The maximum Gasteiger partial charge on any atom is 0.353 e. The number of benzene rings is 1. The van der Waals surface area contributed by atoms with Gasteiger partial charge < -0.3 is 14.8 Å². The van der Waals surface area contributed by atoms with Gasteiger partial charge in [-0.25, -0.2) is 14.8 Å². The van der Waals surface area contributed by atoms with Gasteiger partial charge in [0.2, 0.25) is 0 Å². The fourth-order valence-corrected chi connectivity index (χ4v) is 2.37. The van der Waals surface area contributed by atoms with Crippen molar-refractivity contribution in [3.05, 3.63) is 56.9 Å². The van der Waals surface area contributed by atoms with Gasteiger partial charge in [-0.1, -0.05) is 35.3 Å². The third-order valence-electron chi connectivity index (χ3n) is 3.01. The number of para-hydroxylation sites is 1. The second kappa shape index (κ2) is 5.86. The minimum Gasteiger partial charge on any atom is -0.506 e. The first kappa shape index (κ1) is 15.3. The molecular formula is C14H7Cl2N3O4. The molecule has 3 rings (SSSR count). The Bertz CT molecular complexity index is 967. The maximum atomic E-state index is 12.3. The highest BCUT2D eigenvalue weighted by molar-refractivity contribution is 6.38. The molecule has 0 aliphatic carbocycles. The van der Waals surface area contributed by atoms with Crippen molar-refractivity contribution in [1.29, 1.82) is 0 Å². The molecule has 0 fully saturated rings. The van der Waals surface area contributed by atoms with Crippen LogP contribution >= 0.6 is 23.2 Å². The number of rotatable bonds is 2. The summed E-state index contributed by atoms with van der Waals surface area (Å²) in [5, 5.41) is 12.5. The zero-order valence-electron chi connectivity index (χ0n) is 11.2. The van der Waals surface area contributed by atoms with E-state index in [4.69, 9.17) is 27.6 Å². The largest absolute Gasteiger partial charge is 0.506 e. The Labute approximate surface area is 138 Å². The van der Waals surface area contributed by atoms with Crippen LogP contribution in [0.25, 0.3) is 11.0 Å². The molecule has 2 N–H and O–H groups in total. The third kappa shape index (κ3) is 2.71. The molecule has 0 saturated carbocycles. The van der Waals surface area contributed by atoms with E-state index >= 15 is 0 Å². The zero-order chi connectivity index (χ0) is 16.6. The Morgan fingerprint density at radius 3 is 2.52 bits per heavy atom. The van der Waals surface area contributed by atoms with Gasteiger partial charge in [-0.3, -0.25) is 4.79 Å². The lowest BCUT2D eigenvalue weighted by Gasteiger charge is -2.09. The Hall–Kier alpha value is -2.64. The highest BCUT2D eigenvalue weighted by atomic mass is 35.5. The molecule has 23 heavy (non-hydrogen) atoms. The second-order valence-corrected chi connectivity index (χ2v) is 5.11. The van der Waals surface area contributed by atoms with E-state index < -0.39 is 22.8 Å². The van der Waals surface area contributed by atoms with Crippen LogP contribution in [0.3, 0.4) is 0 Å². The van der Waals surface area contributed by atoms with E-state index in [9.17, 15) is 14.7 Å². The molecule has 0 spiro atoms. The molecule has 3 aromatic rings. The van der Waals surface area contributed by atoms with Gasteiger partial charge in [0.05, 0.1) is 5.39 Å². The average Bonchev–Trinajstić information content (AvgIpc) is 2.51. The number of nitrogens with one attached hydrogen (secondary N) is 1. The number of anilines is 1. The molecule has 1 aromatic carbocycles. The number of nitrogens with zero attached hydrogens (tertiary/aromatic N) is 2. The van der Waals surface area contributed by atoms with E-state index in [-0.39, 0.29) is 27.0 Å². The predicted octanol–water partition coefficient (Wildman–Crippen LogP) is 2.85. The highest BCUT2D eigenvalue weighted by Gasteiger charge is 2.22. The summed E-state index contributed by atoms with van der Waals surface area (Å²) < 4.78 is 5.02. The first-order valence-corrected chi connectivity index (χ1v) is 6.96. The molecule has 1 amide bonds. The number of aromatic hydroxyl groups is 1. The number of hydrogen-bond donors (Lipinski definition) is 2. The molecule has 116 valence electrons.